The molecule has 0 aliphatic heterocycles. The van der Waals surface area contributed by atoms with Crippen molar-refractivity contribution in [3.8, 4) is 0 Å². The summed E-state index contributed by atoms with van der Waals surface area (Å²) in [6.07, 6.45) is -20.1. The Balaban J connectivity index is 2.69. The number of phosphoric acid groups is 1. The summed E-state index contributed by atoms with van der Waals surface area (Å²) < 4.78 is 20.7. The molecule has 0 saturated heterocycles. The van der Waals surface area contributed by atoms with Crippen LogP contribution < -0.4 is 0 Å². The third-order valence-corrected chi connectivity index (χ3v) is 5.05. The van der Waals surface area contributed by atoms with Gasteiger partial charge in [0.05, 0.1) is 13.2 Å². The zero-order valence-electron chi connectivity index (χ0n) is 13.8. The summed E-state index contributed by atoms with van der Waals surface area (Å²) in [5, 5.41) is 94.2. The van der Waals surface area contributed by atoms with Gasteiger partial charge < -0.3 is 56.0 Å². The largest absolute Gasteiger partial charge is 0.472 e. The summed E-state index contributed by atoms with van der Waals surface area (Å²) in [5.41, 5.74) is 0. The molecule has 11 N–H and O–H groups in total. The molecule has 0 bridgehead atoms. The molecule has 1 rings (SSSR count). The molecule has 1 saturated carbocycles. The molecule has 0 amide bonds. The minimum absolute atomic E-state index is 0.943. The van der Waals surface area contributed by atoms with Crippen LogP contribution in [0.4, 0.5) is 0 Å². The molecule has 11 atom stereocenters. The van der Waals surface area contributed by atoms with Crippen LogP contribution in [0.1, 0.15) is 0 Å². The minimum atomic E-state index is -5.15. The zero-order valence-corrected chi connectivity index (χ0v) is 14.7. The van der Waals surface area contributed by atoms with Crippen molar-refractivity contribution in [2.45, 2.75) is 61.0 Å². The molecule has 162 valence electrons. The van der Waals surface area contributed by atoms with Gasteiger partial charge in [0.15, 0.2) is 0 Å². The molecule has 1 fully saturated rings. The molecule has 0 heterocycles. The Labute approximate surface area is 152 Å². The van der Waals surface area contributed by atoms with Crippen molar-refractivity contribution >= 4 is 7.82 Å². The van der Waals surface area contributed by atoms with Gasteiger partial charge in [0, 0.05) is 0 Å². The second-order valence-corrected chi connectivity index (χ2v) is 7.49. The van der Waals surface area contributed by atoms with Crippen LogP contribution in [0.3, 0.4) is 0 Å². The summed E-state index contributed by atoms with van der Waals surface area (Å²) in [6, 6.07) is 0. The van der Waals surface area contributed by atoms with Crippen LogP contribution in [0.15, 0.2) is 0 Å². The van der Waals surface area contributed by atoms with Crippen molar-refractivity contribution in [1.82, 2.24) is 0 Å². The van der Waals surface area contributed by atoms with E-state index in [1.54, 1.807) is 0 Å². The first-order valence-electron chi connectivity index (χ1n) is 7.73. The van der Waals surface area contributed by atoms with E-state index in [9.17, 15) is 50.3 Å². The predicted octanol–water partition coefficient (Wildman–Crippen LogP) is -6.26. The first-order valence-corrected chi connectivity index (χ1v) is 9.22. The second kappa shape index (κ2) is 9.96. The number of hydrogen-bond acceptors (Lipinski definition) is 13. The molecular formula is C12H25O14P. The Bertz CT molecular complexity index is 490. The van der Waals surface area contributed by atoms with E-state index in [1.807, 2.05) is 0 Å². The maximum absolute atomic E-state index is 11.9. The fourth-order valence-electron chi connectivity index (χ4n) is 2.34. The third-order valence-electron chi connectivity index (χ3n) is 4.06. The smallest absolute Gasteiger partial charge is 0.394 e. The van der Waals surface area contributed by atoms with Crippen molar-refractivity contribution in [2.24, 2.45) is 0 Å². The molecule has 1 aliphatic carbocycles. The SMILES string of the molecule is O=P(O)(OC[C@@H](O)[C@@H](O)[C@H](O)[C@H](O)CO)OC1[C@H](O)[C@H](O)C(O)[C@H](O)[C@H]1O. The van der Waals surface area contributed by atoms with E-state index in [1.165, 1.54) is 0 Å². The van der Waals surface area contributed by atoms with E-state index in [4.69, 9.17) is 10.2 Å². The lowest BCUT2D eigenvalue weighted by Gasteiger charge is -2.41. The van der Waals surface area contributed by atoms with Crippen LogP contribution in [0.2, 0.25) is 0 Å². The summed E-state index contributed by atoms with van der Waals surface area (Å²) in [7, 11) is -5.15. The van der Waals surface area contributed by atoms with Gasteiger partial charge in [-0.2, -0.15) is 0 Å². The van der Waals surface area contributed by atoms with Crippen molar-refractivity contribution in [1.29, 1.82) is 0 Å². The monoisotopic (exact) mass is 424 g/mol. The molecule has 3 unspecified atom stereocenters. The van der Waals surface area contributed by atoms with Gasteiger partial charge in [-0.05, 0) is 0 Å². The summed E-state index contributed by atoms with van der Waals surface area (Å²) >= 11 is 0. The first-order chi connectivity index (χ1) is 12.3. The Kier molecular flexibility index (Phi) is 9.12. The fraction of sp³-hybridized carbons (Fsp3) is 1.00. The average molecular weight is 424 g/mol. The van der Waals surface area contributed by atoms with Crippen molar-refractivity contribution in [3.05, 3.63) is 0 Å². The van der Waals surface area contributed by atoms with Gasteiger partial charge in [-0.3, -0.25) is 9.05 Å². The van der Waals surface area contributed by atoms with Crippen LogP contribution in [0.25, 0.3) is 0 Å². The number of rotatable bonds is 9. The molecule has 14 nitrogen and oxygen atoms in total. The Morgan fingerprint density at radius 3 is 1.63 bits per heavy atom. The van der Waals surface area contributed by atoms with Crippen LogP contribution in [0.5, 0.6) is 0 Å². The lowest BCUT2D eigenvalue weighted by Crippen LogP contribution is -2.64. The highest BCUT2D eigenvalue weighted by atomic mass is 31.2. The van der Waals surface area contributed by atoms with Crippen LogP contribution in [-0.4, -0.2) is 130 Å². The summed E-state index contributed by atoms with van der Waals surface area (Å²) in [5.74, 6) is 0. The lowest BCUT2D eigenvalue weighted by atomic mass is 9.85. The molecule has 0 aromatic heterocycles. The minimum Gasteiger partial charge on any atom is -0.394 e. The molecule has 0 spiro atoms. The predicted molar refractivity (Wildman–Crippen MR) is 81.8 cm³/mol. The third kappa shape index (κ3) is 6.09. The normalized spacial score (nSPS) is 38.6. The molecule has 0 radical (unpaired) electrons. The summed E-state index contributed by atoms with van der Waals surface area (Å²) in [6.45, 7) is -2.07. The van der Waals surface area contributed by atoms with Gasteiger partial charge in [0.2, 0.25) is 0 Å². The first kappa shape index (κ1) is 24.7. The Morgan fingerprint density at radius 1 is 0.778 bits per heavy atom. The number of phosphoric ester groups is 1. The number of aliphatic hydroxyl groups excluding tert-OH is 10. The highest BCUT2D eigenvalue weighted by molar-refractivity contribution is 7.47. The van der Waals surface area contributed by atoms with Crippen molar-refractivity contribution < 1.29 is 69.6 Å². The maximum Gasteiger partial charge on any atom is 0.472 e. The van der Waals surface area contributed by atoms with E-state index in [-0.39, 0.29) is 0 Å². The average Bonchev–Trinajstić information content (AvgIpc) is 2.64. The van der Waals surface area contributed by atoms with Crippen molar-refractivity contribution in [2.75, 3.05) is 13.2 Å². The molecule has 27 heavy (non-hydrogen) atoms. The molecule has 0 aromatic carbocycles. The highest BCUT2D eigenvalue weighted by Gasteiger charge is 2.51. The van der Waals surface area contributed by atoms with E-state index in [0.717, 1.165) is 0 Å². The topological polar surface area (TPSA) is 258 Å². The van der Waals surface area contributed by atoms with Gasteiger partial charge >= 0.3 is 7.82 Å². The van der Waals surface area contributed by atoms with E-state index >= 15 is 0 Å². The van der Waals surface area contributed by atoms with Crippen molar-refractivity contribution in [3.63, 3.8) is 0 Å². The Hall–Kier alpha value is -0.290. The van der Waals surface area contributed by atoms with Gasteiger partial charge in [0.1, 0.15) is 61.0 Å². The highest BCUT2D eigenvalue weighted by Crippen LogP contribution is 2.47. The van der Waals surface area contributed by atoms with Crippen LogP contribution >= 0.6 is 7.82 Å². The quantitative estimate of drug-likeness (QED) is 0.154. The molecule has 15 heteroatoms. The maximum atomic E-state index is 11.9. The summed E-state index contributed by atoms with van der Waals surface area (Å²) in [4.78, 5) is 9.58. The van der Waals surface area contributed by atoms with Gasteiger partial charge in [-0.25, -0.2) is 4.57 Å². The van der Waals surface area contributed by atoms with E-state index in [2.05, 4.69) is 9.05 Å². The van der Waals surface area contributed by atoms with Crippen LogP contribution in [-0.2, 0) is 13.6 Å². The second-order valence-electron chi connectivity index (χ2n) is 6.09. The molecule has 0 aromatic rings. The molecular weight excluding hydrogens is 399 g/mol. The molecule has 1 aliphatic rings. The Morgan fingerprint density at radius 2 is 1.19 bits per heavy atom. The zero-order chi connectivity index (χ0) is 21.1. The number of hydrogen-bond donors (Lipinski definition) is 11. The van der Waals surface area contributed by atoms with E-state index in [0.29, 0.717) is 0 Å². The van der Waals surface area contributed by atoms with Gasteiger partial charge in [-0.1, -0.05) is 0 Å². The lowest BCUT2D eigenvalue weighted by molar-refractivity contribution is -0.220. The number of aliphatic hydroxyl groups is 10. The standard InChI is InChI=1S/C12H25O14P/c13-1-3(14)5(16)6(17)4(15)2-25-27(23,24)26-12-10(21)8(19)7(18)9(20)11(12)22/h3-22H,1-2H2,(H,23,24)/t3-,4-,5-,6-,7?,8-,9+,10-,11-,12?/m1/s1. The fourth-order valence-corrected chi connectivity index (χ4v) is 3.30. The van der Waals surface area contributed by atoms with Gasteiger partial charge in [0.25, 0.3) is 0 Å². The van der Waals surface area contributed by atoms with Gasteiger partial charge in [-0.15, -0.1) is 0 Å². The van der Waals surface area contributed by atoms with Crippen LogP contribution in [0, 0.1) is 0 Å². The van der Waals surface area contributed by atoms with E-state index < -0.39 is 82.1 Å².